The SMILES string of the molecule is CN1c2ccc(/C=C3/C(=O)c4ccc(C(C)(C)C)cc4C3=O)cc2C(C)(C)c2cc(-c3c(F)cc(F)cc3F)ccc21. The zero-order valence-corrected chi connectivity index (χ0v) is 24.3. The summed E-state index contributed by atoms with van der Waals surface area (Å²) in [4.78, 5) is 28.7. The van der Waals surface area contributed by atoms with E-state index in [1.807, 2.05) is 62.2 Å². The number of ketones is 2. The Kier molecular flexibility index (Phi) is 6.12. The van der Waals surface area contributed by atoms with Gasteiger partial charge in [-0.05, 0) is 75.7 Å². The molecule has 0 bridgehead atoms. The van der Waals surface area contributed by atoms with Crippen LogP contribution in [-0.4, -0.2) is 18.6 Å². The average Bonchev–Trinajstić information content (AvgIpc) is 3.15. The van der Waals surface area contributed by atoms with E-state index in [1.54, 1.807) is 24.3 Å². The van der Waals surface area contributed by atoms with E-state index < -0.39 is 22.9 Å². The Balaban J connectivity index is 1.42. The molecule has 4 aromatic carbocycles. The fourth-order valence-corrected chi connectivity index (χ4v) is 6.10. The fraction of sp³-hybridized carbons (Fsp3) is 0.222. The van der Waals surface area contributed by atoms with E-state index in [9.17, 15) is 22.8 Å². The van der Waals surface area contributed by atoms with Crippen LogP contribution in [0, 0.1) is 17.5 Å². The lowest BCUT2D eigenvalue weighted by Crippen LogP contribution is -2.31. The third-order valence-corrected chi connectivity index (χ3v) is 8.56. The molecule has 6 heteroatoms. The lowest BCUT2D eigenvalue weighted by Gasteiger charge is -2.41. The molecule has 1 aliphatic heterocycles. The average molecular weight is 566 g/mol. The quantitative estimate of drug-likeness (QED) is 0.180. The summed E-state index contributed by atoms with van der Waals surface area (Å²) in [6, 6.07) is 17.8. The molecule has 212 valence electrons. The van der Waals surface area contributed by atoms with Crippen molar-refractivity contribution in [2.45, 2.75) is 45.4 Å². The molecule has 0 N–H and O–H groups in total. The van der Waals surface area contributed by atoms with Gasteiger partial charge in [-0.25, -0.2) is 13.2 Å². The second-order valence-electron chi connectivity index (χ2n) is 12.7. The molecule has 6 rings (SSSR count). The predicted octanol–water partition coefficient (Wildman–Crippen LogP) is 8.94. The van der Waals surface area contributed by atoms with Gasteiger partial charge < -0.3 is 4.90 Å². The van der Waals surface area contributed by atoms with Crippen molar-refractivity contribution < 1.29 is 22.8 Å². The van der Waals surface area contributed by atoms with Gasteiger partial charge in [0.1, 0.15) is 17.5 Å². The second-order valence-corrected chi connectivity index (χ2v) is 12.7. The minimum absolute atomic E-state index is 0.128. The van der Waals surface area contributed by atoms with Gasteiger partial charge in [-0.1, -0.05) is 52.8 Å². The number of benzene rings is 4. The van der Waals surface area contributed by atoms with Crippen molar-refractivity contribution >= 4 is 29.0 Å². The van der Waals surface area contributed by atoms with Gasteiger partial charge in [-0.3, -0.25) is 9.59 Å². The molecule has 0 aromatic heterocycles. The number of halogens is 3. The van der Waals surface area contributed by atoms with Crippen molar-refractivity contribution in [1.29, 1.82) is 0 Å². The highest BCUT2D eigenvalue weighted by Crippen LogP contribution is 2.50. The Bertz CT molecular complexity index is 1850. The van der Waals surface area contributed by atoms with E-state index in [1.165, 1.54) is 0 Å². The molecule has 0 saturated heterocycles. The number of hydrogen-bond donors (Lipinski definition) is 0. The standard InChI is InChI=1S/C36H30F3NO2/c1-35(2,3)21-9-10-23-24(16-21)34(42)25(33(23)41)13-19-7-11-30-26(14-19)36(4,5)27-15-20(8-12-31(27)40(30)6)32-28(38)17-22(37)18-29(32)39/h7-18H,1-6H3/b25-13-. The third kappa shape index (κ3) is 4.20. The van der Waals surface area contributed by atoms with Crippen LogP contribution in [0.5, 0.6) is 0 Å². The van der Waals surface area contributed by atoms with Gasteiger partial charge in [-0.2, -0.15) is 0 Å². The molecule has 3 nitrogen and oxygen atoms in total. The molecule has 1 aliphatic carbocycles. The van der Waals surface area contributed by atoms with E-state index >= 15 is 0 Å². The topological polar surface area (TPSA) is 37.4 Å². The first-order valence-corrected chi connectivity index (χ1v) is 13.8. The monoisotopic (exact) mass is 565 g/mol. The summed E-state index contributed by atoms with van der Waals surface area (Å²) in [5.41, 5.74) is 5.48. The Labute approximate surface area is 243 Å². The van der Waals surface area contributed by atoms with Crippen LogP contribution in [0.2, 0.25) is 0 Å². The summed E-state index contributed by atoms with van der Waals surface area (Å²) in [6.07, 6.45) is 1.65. The van der Waals surface area contributed by atoms with Crippen LogP contribution in [-0.2, 0) is 10.8 Å². The van der Waals surface area contributed by atoms with Gasteiger partial charge in [0.2, 0.25) is 0 Å². The minimum atomic E-state index is -0.973. The number of allylic oxidation sites excluding steroid dienone is 1. The number of carbonyl (C=O) groups excluding carboxylic acids is 2. The van der Waals surface area contributed by atoms with E-state index in [-0.39, 0.29) is 28.1 Å². The van der Waals surface area contributed by atoms with Crippen LogP contribution in [0.4, 0.5) is 24.5 Å². The first-order chi connectivity index (χ1) is 19.7. The molecule has 0 amide bonds. The highest BCUT2D eigenvalue weighted by Gasteiger charge is 2.37. The number of fused-ring (bicyclic) bond motifs is 3. The summed E-state index contributed by atoms with van der Waals surface area (Å²) in [7, 11) is 1.91. The van der Waals surface area contributed by atoms with Crippen LogP contribution in [0.1, 0.15) is 77.6 Å². The highest BCUT2D eigenvalue weighted by atomic mass is 19.1. The normalized spacial score (nSPS) is 16.5. The summed E-state index contributed by atoms with van der Waals surface area (Å²) >= 11 is 0. The van der Waals surface area contributed by atoms with Crippen molar-refractivity contribution in [2.75, 3.05) is 11.9 Å². The molecular formula is C36H30F3NO2. The molecule has 0 unspecified atom stereocenters. The molecule has 0 saturated carbocycles. The third-order valence-electron chi connectivity index (χ3n) is 8.56. The summed E-state index contributed by atoms with van der Waals surface area (Å²) in [6.45, 7) is 10.2. The van der Waals surface area contributed by atoms with Crippen molar-refractivity contribution in [3.8, 4) is 11.1 Å². The number of carbonyl (C=O) groups is 2. The molecule has 0 spiro atoms. The smallest absolute Gasteiger partial charge is 0.197 e. The lowest BCUT2D eigenvalue weighted by molar-refractivity contribution is 0.0990. The van der Waals surface area contributed by atoms with Crippen LogP contribution in [0.15, 0.2) is 72.3 Å². The number of rotatable bonds is 2. The Morgan fingerprint density at radius 2 is 1.33 bits per heavy atom. The largest absolute Gasteiger partial charge is 0.344 e. The number of anilines is 2. The highest BCUT2D eigenvalue weighted by molar-refractivity contribution is 6.41. The van der Waals surface area contributed by atoms with E-state index in [0.717, 1.165) is 28.1 Å². The van der Waals surface area contributed by atoms with Crippen LogP contribution in [0.25, 0.3) is 17.2 Å². The number of nitrogens with zero attached hydrogens (tertiary/aromatic N) is 1. The van der Waals surface area contributed by atoms with Crippen LogP contribution < -0.4 is 4.90 Å². The summed E-state index contributed by atoms with van der Waals surface area (Å²) < 4.78 is 42.9. The maximum absolute atomic E-state index is 14.7. The fourth-order valence-electron chi connectivity index (χ4n) is 6.10. The van der Waals surface area contributed by atoms with Gasteiger partial charge in [0.25, 0.3) is 0 Å². The predicted molar refractivity (Wildman–Crippen MR) is 160 cm³/mol. The zero-order chi connectivity index (χ0) is 30.3. The van der Waals surface area contributed by atoms with Gasteiger partial charge >= 0.3 is 0 Å². The molecule has 0 radical (unpaired) electrons. The molecular weight excluding hydrogens is 535 g/mol. The van der Waals surface area contributed by atoms with Crippen LogP contribution in [0.3, 0.4) is 0 Å². The first-order valence-electron chi connectivity index (χ1n) is 13.8. The molecule has 2 aliphatic rings. The maximum Gasteiger partial charge on any atom is 0.197 e. The molecule has 4 aromatic rings. The van der Waals surface area contributed by atoms with Crippen LogP contribution >= 0.6 is 0 Å². The van der Waals surface area contributed by atoms with Crippen molar-refractivity contribution in [3.63, 3.8) is 0 Å². The van der Waals surface area contributed by atoms with Gasteiger partial charge in [0.15, 0.2) is 11.6 Å². The summed E-state index contributed by atoms with van der Waals surface area (Å²) in [5.74, 6) is -3.48. The van der Waals surface area contributed by atoms with E-state index in [2.05, 4.69) is 20.8 Å². The number of Topliss-reactive ketones (excluding diaryl/α,β-unsaturated/α-hetero) is 2. The Morgan fingerprint density at radius 1 is 0.738 bits per heavy atom. The molecule has 42 heavy (non-hydrogen) atoms. The van der Waals surface area contributed by atoms with Gasteiger partial charge in [0, 0.05) is 47.1 Å². The Morgan fingerprint density at radius 3 is 1.98 bits per heavy atom. The van der Waals surface area contributed by atoms with E-state index in [0.29, 0.717) is 34.4 Å². The van der Waals surface area contributed by atoms with Gasteiger partial charge in [0.05, 0.1) is 11.1 Å². The number of hydrogen-bond acceptors (Lipinski definition) is 3. The zero-order valence-electron chi connectivity index (χ0n) is 24.3. The minimum Gasteiger partial charge on any atom is -0.344 e. The van der Waals surface area contributed by atoms with Crippen molar-refractivity contribution in [1.82, 2.24) is 0 Å². The Hall–Kier alpha value is -4.45. The molecule has 0 atom stereocenters. The maximum atomic E-state index is 14.7. The molecule has 0 fully saturated rings. The second kappa shape index (κ2) is 9.28. The lowest BCUT2D eigenvalue weighted by atomic mass is 9.72. The van der Waals surface area contributed by atoms with Crippen molar-refractivity contribution in [3.05, 3.63) is 123 Å². The first kappa shape index (κ1) is 27.7. The summed E-state index contributed by atoms with van der Waals surface area (Å²) in [5, 5.41) is 0. The van der Waals surface area contributed by atoms with Crippen molar-refractivity contribution in [2.24, 2.45) is 0 Å². The van der Waals surface area contributed by atoms with E-state index in [4.69, 9.17) is 0 Å². The molecule has 1 heterocycles. The van der Waals surface area contributed by atoms with Gasteiger partial charge in [-0.15, -0.1) is 0 Å².